The van der Waals surface area contributed by atoms with Crippen molar-refractivity contribution >= 4 is 21.6 Å². The van der Waals surface area contributed by atoms with Crippen molar-refractivity contribution in [2.45, 2.75) is 59.2 Å². The summed E-state index contributed by atoms with van der Waals surface area (Å²) in [5.41, 5.74) is 2.51. The Hall–Kier alpha value is -0.580. The van der Waals surface area contributed by atoms with Gasteiger partial charge in [0.05, 0.1) is 6.61 Å². The number of aliphatic hydroxyl groups excluding tert-OH is 1. The van der Waals surface area contributed by atoms with Crippen LogP contribution in [0.25, 0.3) is 0 Å². The van der Waals surface area contributed by atoms with E-state index in [1.807, 2.05) is 0 Å². The molecule has 1 aromatic carbocycles. The summed E-state index contributed by atoms with van der Waals surface area (Å²) in [4.78, 5) is 2.35. The molecule has 120 valence electrons. The number of nitrogens with one attached hydrogen (secondary N) is 1. The topological polar surface area (TPSA) is 35.5 Å². The maximum absolute atomic E-state index is 9.45. The number of aliphatic hydroxyl groups is 1. The third-order valence-corrected chi connectivity index (χ3v) is 4.27. The van der Waals surface area contributed by atoms with Gasteiger partial charge in [0, 0.05) is 35.3 Å². The Bertz CT molecular complexity index is 419. The minimum atomic E-state index is 0.181. The van der Waals surface area contributed by atoms with E-state index in [0.717, 1.165) is 23.9 Å². The molecule has 0 atom stereocenters. The van der Waals surface area contributed by atoms with Crippen LogP contribution in [0.15, 0.2) is 22.7 Å². The van der Waals surface area contributed by atoms with E-state index in [-0.39, 0.29) is 6.61 Å². The van der Waals surface area contributed by atoms with E-state index in [1.54, 1.807) is 0 Å². The first-order valence-electron chi connectivity index (χ1n) is 7.92. The van der Waals surface area contributed by atoms with Crippen LogP contribution in [0.1, 0.15) is 46.1 Å². The molecule has 0 spiro atoms. The quantitative estimate of drug-likeness (QED) is 0.703. The molecule has 0 amide bonds. The summed E-state index contributed by atoms with van der Waals surface area (Å²) in [5.74, 6) is 0. The predicted octanol–water partition coefficient (Wildman–Crippen LogP) is 3.93. The lowest BCUT2D eigenvalue weighted by Gasteiger charge is -2.34. The standard InChI is InChI=1S/C17H29BrN2O/c1-5-16(6-2)20(9-10-21)17-11-15(18)8-7-14(17)12-19-13(3)4/h7-8,11,13,16,19,21H,5-6,9-10,12H2,1-4H3. The van der Waals surface area contributed by atoms with Gasteiger partial charge in [0.25, 0.3) is 0 Å². The van der Waals surface area contributed by atoms with Crippen molar-refractivity contribution in [3.63, 3.8) is 0 Å². The zero-order valence-corrected chi connectivity index (χ0v) is 15.3. The second-order valence-electron chi connectivity index (χ2n) is 5.70. The van der Waals surface area contributed by atoms with Gasteiger partial charge in [0.1, 0.15) is 0 Å². The fourth-order valence-electron chi connectivity index (χ4n) is 2.60. The lowest BCUT2D eigenvalue weighted by molar-refractivity contribution is 0.296. The molecule has 4 heteroatoms. The smallest absolute Gasteiger partial charge is 0.0606 e. The van der Waals surface area contributed by atoms with E-state index in [1.165, 1.54) is 11.3 Å². The van der Waals surface area contributed by atoms with Crippen molar-refractivity contribution in [3.05, 3.63) is 28.2 Å². The Kier molecular flexibility index (Phi) is 8.30. The van der Waals surface area contributed by atoms with Crippen molar-refractivity contribution in [1.82, 2.24) is 5.32 Å². The number of halogens is 1. The number of hydrogen-bond donors (Lipinski definition) is 2. The normalized spacial score (nSPS) is 11.4. The minimum Gasteiger partial charge on any atom is -0.395 e. The molecule has 0 saturated carbocycles. The Balaban J connectivity index is 3.11. The molecule has 0 unspecified atom stereocenters. The number of anilines is 1. The van der Waals surface area contributed by atoms with E-state index < -0.39 is 0 Å². The lowest BCUT2D eigenvalue weighted by Crippen LogP contribution is -2.38. The summed E-state index contributed by atoms with van der Waals surface area (Å²) in [6.45, 7) is 10.4. The average Bonchev–Trinajstić information content (AvgIpc) is 2.46. The highest BCUT2D eigenvalue weighted by Crippen LogP contribution is 2.28. The molecule has 0 heterocycles. The maximum atomic E-state index is 9.45. The molecular formula is C17H29BrN2O. The Morgan fingerprint density at radius 3 is 2.43 bits per heavy atom. The zero-order valence-electron chi connectivity index (χ0n) is 13.7. The first kappa shape index (κ1) is 18.5. The summed E-state index contributed by atoms with van der Waals surface area (Å²) in [5, 5.41) is 12.9. The van der Waals surface area contributed by atoms with Gasteiger partial charge in [-0.2, -0.15) is 0 Å². The minimum absolute atomic E-state index is 0.181. The van der Waals surface area contributed by atoms with Gasteiger partial charge in [-0.05, 0) is 30.5 Å². The lowest BCUT2D eigenvalue weighted by atomic mass is 10.1. The number of hydrogen-bond acceptors (Lipinski definition) is 3. The summed E-state index contributed by atoms with van der Waals surface area (Å²) in [7, 11) is 0. The second-order valence-corrected chi connectivity index (χ2v) is 6.61. The molecule has 0 radical (unpaired) electrons. The highest BCUT2D eigenvalue weighted by Gasteiger charge is 2.18. The van der Waals surface area contributed by atoms with E-state index in [4.69, 9.17) is 0 Å². The van der Waals surface area contributed by atoms with Crippen LogP contribution < -0.4 is 10.2 Å². The van der Waals surface area contributed by atoms with E-state index in [9.17, 15) is 5.11 Å². The van der Waals surface area contributed by atoms with E-state index >= 15 is 0 Å². The van der Waals surface area contributed by atoms with E-state index in [2.05, 4.69) is 72.0 Å². The number of nitrogens with zero attached hydrogens (tertiary/aromatic N) is 1. The molecule has 3 nitrogen and oxygen atoms in total. The van der Waals surface area contributed by atoms with Crippen LogP contribution in [0.5, 0.6) is 0 Å². The summed E-state index contributed by atoms with van der Waals surface area (Å²) in [6, 6.07) is 7.35. The third kappa shape index (κ3) is 5.61. The average molecular weight is 357 g/mol. The highest BCUT2D eigenvalue weighted by molar-refractivity contribution is 9.10. The van der Waals surface area contributed by atoms with Crippen LogP contribution >= 0.6 is 15.9 Å². The van der Waals surface area contributed by atoms with Gasteiger partial charge >= 0.3 is 0 Å². The first-order valence-corrected chi connectivity index (χ1v) is 8.72. The number of rotatable bonds is 9. The van der Waals surface area contributed by atoms with Gasteiger partial charge in [0.15, 0.2) is 0 Å². The van der Waals surface area contributed by atoms with Crippen molar-refractivity contribution in [2.24, 2.45) is 0 Å². The van der Waals surface area contributed by atoms with Crippen molar-refractivity contribution in [1.29, 1.82) is 0 Å². The van der Waals surface area contributed by atoms with Crippen LogP contribution in [0.4, 0.5) is 5.69 Å². The molecule has 0 saturated heterocycles. The molecular weight excluding hydrogens is 328 g/mol. The molecule has 0 aliphatic heterocycles. The van der Waals surface area contributed by atoms with Crippen molar-refractivity contribution in [2.75, 3.05) is 18.1 Å². The fraction of sp³-hybridized carbons (Fsp3) is 0.647. The summed E-state index contributed by atoms with van der Waals surface area (Å²) in [6.07, 6.45) is 2.17. The Morgan fingerprint density at radius 1 is 1.24 bits per heavy atom. The van der Waals surface area contributed by atoms with Gasteiger partial charge in [0.2, 0.25) is 0 Å². The predicted molar refractivity (Wildman–Crippen MR) is 94.9 cm³/mol. The van der Waals surface area contributed by atoms with Gasteiger partial charge in [-0.25, -0.2) is 0 Å². The van der Waals surface area contributed by atoms with Crippen molar-refractivity contribution < 1.29 is 5.11 Å². The van der Waals surface area contributed by atoms with Crippen LogP contribution in [0, 0.1) is 0 Å². The van der Waals surface area contributed by atoms with Gasteiger partial charge in [-0.15, -0.1) is 0 Å². The van der Waals surface area contributed by atoms with Crippen LogP contribution in [-0.4, -0.2) is 30.3 Å². The molecule has 0 aromatic heterocycles. The molecule has 1 aromatic rings. The molecule has 0 aliphatic rings. The molecule has 0 bridgehead atoms. The van der Waals surface area contributed by atoms with Crippen LogP contribution in [0.3, 0.4) is 0 Å². The van der Waals surface area contributed by atoms with Gasteiger partial charge in [-0.1, -0.05) is 49.7 Å². The molecule has 0 fully saturated rings. The molecule has 21 heavy (non-hydrogen) atoms. The maximum Gasteiger partial charge on any atom is 0.0606 e. The fourth-order valence-corrected chi connectivity index (χ4v) is 2.95. The first-order chi connectivity index (χ1) is 10.0. The SMILES string of the molecule is CCC(CC)N(CCO)c1cc(Br)ccc1CNC(C)C. The monoisotopic (exact) mass is 356 g/mol. The summed E-state index contributed by atoms with van der Waals surface area (Å²) >= 11 is 3.58. The molecule has 2 N–H and O–H groups in total. The highest BCUT2D eigenvalue weighted by atomic mass is 79.9. The third-order valence-electron chi connectivity index (χ3n) is 3.78. The van der Waals surface area contributed by atoms with E-state index in [0.29, 0.717) is 18.6 Å². The molecule has 0 aliphatic carbocycles. The largest absolute Gasteiger partial charge is 0.395 e. The summed E-state index contributed by atoms with van der Waals surface area (Å²) < 4.78 is 1.08. The zero-order chi connectivity index (χ0) is 15.8. The number of benzene rings is 1. The van der Waals surface area contributed by atoms with Crippen molar-refractivity contribution in [3.8, 4) is 0 Å². The Labute approximate surface area is 137 Å². The second kappa shape index (κ2) is 9.44. The van der Waals surface area contributed by atoms with Gasteiger partial charge < -0.3 is 15.3 Å². The van der Waals surface area contributed by atoms with Crippen LogP contribution in [-0.2, 0) is 6.54 Å². The van der Waals surface area contributed by atoms with Gasteiger partial charge in [-0.3, -0.25) is 0 Å². The Morgan fingerprint density at radius 2 is 1.90 bits per heavy atom. The molecule has 1 rings (SSSR count). The van der Waals surface area contributed by atoms with Crippen LogP contribution in [0.2, 0.25) is 0 Å².